The standard InChI is InChI=1S/C4H4Cl2O4S/c5-3(7)1-11(9,10)2-4(6)8/h1-2H2. The van der Waals surface area contributed by atoms with Gasteiger partial charge in [0.05, 0.1) is 0 Å². The maximum Gasteiger partial charge on any atom is 0.236 e. The van der Waals surface area contributed by atoms with E-state index in [2.05, 4.69) is 0 Å². The molecule has 7 heteroatoms. The highest BCUT2D eigenvalue weighted by molar-refractivity contribution is 7.93. The van der Waals surface area contributed by atoms with Crippen LogP contribution < -0.4 is 0 Å². The quantitative estimate of drug-likeness (QED) is 0.620. The van der Waals surface area contributed by atoms with E-state index in [0.29, 0.717) is 0 Å². The monoisotopic (exact) mass is 218 g/mol. The summed E-state index contributed by atoms with van der Waals surface area (Å²) in [4.78, 5) is 20.1. The van der Waals surface area contributed by atoms with Gasteiger partial charge in [0.2, 0.25) is 10.5 Å². The zero-order valence-corrected chi connectivity index (χ0v) is 7.54. The van der Waals surface area contributed by atoms with Gasteiger partial charge >= 0.3 is 0 Å². The molecule has 0 aromatic carbocycles. The zero-order chi connectivity index (χ0) is 9.07. The summed E-state index contributed by atoms with van der Waals surface area (Å²) in [5.41, 5.74) is 0. The Hall–Kier alpha value is -0.130. The van der Waals surface area contributed by atoms with E-state index in [0.717, 1.165) is 0 Å². The third-order valence-electron chi connectivity index (χ3n) is 0.667. The average Bonchev–Trinajstić information content (AvgIpc) is 1.53. The highest BCUT2D eigenvalue weighted by Crippen LogP contribution is 1.96. The molecule has 0 aromatic heterocycles. The van der Waals surface area contributed by atoms with Gasteiger partial charge in [-0.2, -0.15) is 0 Å². The van der Waals surface area contributed by atoms with Crippen molar-refractivity contribution in [1.29, 1.82) is 0 Å². The van der Waals surface area contributed by atoms with Crippen molar-refractivity contribution in [2.75, 3.05) is 11.5 Å². The van der Waals surface area contributed by atoms with Gasteiger partial charge in [-0.05, 0) is 23.2 Å². The molecule has 0 heterocycles. The van der Waals surface area contributed by atoms with Gasteiger partial charge in [-0.1, -0.05) is 0 Å². The molecular weight excluding hydrogens is 215 g/mol. The van der Waals surface area contributed by atoms with E-state index >= 15 is 0 Å². The first-order chi connectivity index (χ1) is 4.83. The number of rotatable bonds is 4. The summed E-state index contributed by atoms with van der Waals surface area (Å²) in [6, 6.07) is 0. The first-order valence-electron chi connectivity index (χ1n) is 2.40. The lowest BCUT2D eigenvalue weighted by Gasteiger charge is -1.94. The maximum atomic E-state index is 10.6. The highest BCUT2D eigenvalue weighted by atomic mass is 35.5. The van der Waals surface area contributed by atoms with Gasteiger partial charge in [0, 0.05) is 0 Å². The van der Waals surface area contributed by atoms with Crippen LogP contribution >= 0.6 is 23.2 Å². The summed E-state index contributed by atoms with van der Waals surface area (Å²) in [6.07, 6.45) is 0. The number of halogens is 2. The van der Waals surface area contributed by atoms with Crippen LogP contribution in [0.15, 0.2) is 0 Å². The molecule has 0 aliphatic heterocycles. The van der Waals surface area contributed by atoms with Gasteiger partial charge in [0.25, 0.3) is 0 Å². The summed E-state index contributed by atoms with van der Waals surface area (Å²) in [5, 5.41) is -2.05. The van der Waals surface area contributed by atoms with Gasteiger partial charge in [-0.25, -0.2) is 8.42 Å². The van der Waals surface area contributed by atoms with Crippen LogP contribution in [0.25, 0.3) is 0 Å². The smallest absolute Gasteiger partial charge is 0.236 e. The highest BCUT2D eigenvalue weighted by Gasteiger charge is 2.17. The second-order valence-electron chi connectivity index (χ2n) is 1.74. The molecule has 0 amide bonds. The third kappa shape index (κ3) is 6.28. The normalized spacial score (nSPS) is 11.1. The van der Waals surface area contributed by atoms with Crippen LogP contribution in [0.5, 0.6) is 0 Å². The van der Waals surface area contributed by atoms with Gasteiger partial charge < -0.3 is 0 Å². The summed E-state index contributed by atoms with van der Waals surface area (Å²) < 4.78 is 21.3. The molecule has 4 nitrogen and oxygen atoms in total. The molecule has 11 heavy (non-hydrogen) atoms. The predicted molar refractivity (Wildman–Crippen MR) is 40.4 cm³/mol. The maximum absolute atomic E-state index is 10.6. The molecule has 0 unspecified atom stereocenters. The largest absolute Gasteiger partial charge is 0.280 e. The van der Waals surface area contributed by atoms with Crippen molar-refractivity contribution >= 4 is 43.5 Å². The molecule has 0 fully saturated rings. The second-order valence-corrected chi connectivity index (χ2v) is 4.65. The lowest BCUT2D eigenvalue weighted by Crippen LogP contribution is -2.18. The Kier molecular flexibility index (Phi) is 3.99. The number of carbonyl (C=O) groups excluding carboxylic acids is 2. The fourth-order valence-electron chi connectivity index (χ4n) is 0.397. The molecular formula is C4H4Cl2O4S. The lowest BCUT2D eigenvalue weighted by atomic mass is 10.9. The molecule has 0 aliphatic carbocycles. The molecule has 0 radical (unpaired) electrons. The molecule has 0 aliphatic rings. The summed E-state index contributed by atoms with van der Waals surface area (Å²) in [6.45, 7) is 0. The van der Waals surface area contributed by atoms with E-state index in [4.69, 9.17) is 23.2 Å². The minimum atomic E-state index is -3.74. The van der Waals surface area contributed by atoms with Crippen molar-refractivity contribution < 1.29 is 18.0 Å². The van der Waals surface area contributed by atoms with E-state index in [-0.39, 0.29) is 0 Å². The van der Waals surface area contributed by atoms with Crippen molar-refractivity contribution in [3.05, 3.63) is 0 Å². The molecule has 0 N–H and O–H groups in total. The Bertz CT molecular complexity index is 246. The first-order valence-corrected chi connectivity index (χ1v) is 4.98. The fraction of sp³-hybridized carbons (Fsp3) is 0.500. The van der Waals surface area contributed by atoms with E-state index in [1.807, 2.05) is 0 Å². The SMILES string of the molecule is O=C(Cl)CS(=O)(=O)CC(=O)Cl. The Labute approximate surface area is 73.4 Å². The molecule has 0 saturated heterocycles. The van der Waals surface area contributed by atoms with Crippen molar-refractivity contribution in [3.8, 4) is 0 Å². The van der Waals surface area contributed by atoms with Gasteiger partial charge in [0.1, 0.15) is 11.5 Å². The van der Waals surface area contributed by atoms with E-state index in [1.165, 1.54) is 0 Å². The Morgan fingerprint density at radius 3 is 1.45 bits per heavy atom. The molecule has 0 atom stereocenters. The van der Waals surface area contributed by atoms with Crippen LogP contribution in [0.2, 0.25) is 0 Å². The van der Waals surface area contributed by atoms with Crippen molar-refractivity contribution in [2.24, 2.45) is 0 Å². The van der Waals surface area contributed by atoms with Crippen molar-refractivity contribution in [1.82, 2.24) is 0 Å². The molecule has 64 valence electrons. The Morgan fingerprint density at radius 2 is 1.27 bits per heavy atom. The first kappa shape index (κ1) is 10.9. The van der Waals surface area contributed by atoms with Gasteiger partial charge in [-0.15, -0.1) is 0 Å². The number of sulfone groups is 1. The van der Waals surface area contributed by atoms with E-state index < -0.39 is 31.8 Å². The van der Waals surface area contributed by atoms with E-state index in [9.17, 15) is 18.0 Å². The molecule has 0 spiro atoms. The summed E-state index contributed by atoms with van der Waals surface area (Å²) in [7, 11) is -3.74. The van der Waals surface area contributed by atoms with Crippen LogP contribution in [0.3, 0.4) is 0 Å². The summed E-state index contributed by atoms with van der Waals surface area (Å²) >= 11 is 9.55. The Balaban J connectivity index is 4.25. The second kappa shape index (κ2) is 4.04. The van der Waals surface area contributed by atoms with Crippen LogP contribution in [0.4, 0.5) is 0 Å². The van der Waals surface area contributed by atoms with Crippen molar-refractivity contribution in [2.45, 2.75) is 0 Å². The van der Waals surface area contributed by atoms with Crippen LogP contribution in [-0.4, -0.2) is 30.4 Å². The minimum Gasteiger partial charge on any atom is -0.280 e. The predicted octanol–water partition coefficient (Wildman–Crippen LogP) is -0.0680. The van der Waals surface area contributed by atoms with Crippen LogP contribution in [0.1, 0.15) is 0 Å². The minimum absolute atomic E-state index is 0.854. The number of carbonyl (C=O) groups is 2. The summed E-state index contributed by atoms with van der Waals surface area (Å²) in [5.74, 6) is -1.71. The van der Waals surface area contributed by atoms with Crippen LogP contribution in [0, 0.1) is 0 Å². The molecule has 0 saturated carbocycles. The van der Waals surface area contributed by atoms with Gasteiger partial charge in [-0.3, -0.25) is 9.59 Å². The Morgan fingerprint density at radius 1 is 1.00 bits per heavy atom. The fourth-order valence-corrected chi connectivity index (χ4v) is 2.19. The van der Waals surface area contributed by atoms with E-state index in [1.54, 1.807) is 0 Å². The molecule has 0 rings (SSSR count). The topological polar surface area (TPSA) is 68.3 Å². The zero-order valence-electron chi connectivity index (χ0n) is 5.21. The molecule has 0 aromatic rings. The van der Waals surface area contributed by atoms with Gasteiger partial charge in [0.15, 0.2) is 9.84 Å². The number of hydrogen-bond acceptors (Lipinski definition) is 4. The third-order valence-corrected chi connectivity index (χ3v) is 2.66. The number of hydrogen-bond donors (Lipinski definition) is 0. The molecule has 0 bridgehead atoms. The van der Waals surface area contributed by atoms with Crippen molar-refractivity contribution in [3.63, 3.8) is 0 Å². The average molecular weight is 219 g/mol. The lowest BCUT2D eigenvalue weighted by molar-refractivity contribution is -0.109. The van der Waals surface area contributed by atoms with Crippen LogP contribution in [-0.2, 0) is 19.4 Å².